The number of aromatic nitrogens is 2. The third-order valence-corrected chi connectivity index (χ3v) is 6.53. The number of benzene rings is 1. The molecule has 2 aromatic heterocycles. The number of hydrogen-bond acceptors (Lipinski definition) is 7. The zero-order chi connectivity index (χ0) is 25.3. The highest BCUT2D eigenvalue weighted by atomic mass is 35.5. The molecule has 182 valence electrons. The third-order valence-electron chi connectivity index (χ3n) is 5.00. The van der Waals surface area contributed by atoms with Gasteiger partial charge in [0.2, 0.25) is 0 Å². The molecule has 0 radical (unpaired) electrons. The minimum Gasteiger partial charge on any atom is -0.482 e. The summed E-state index contributed by atoms with van der Waals surface area (Å²) < 4.78 is 44.4. The molecule has 0 saturated carbocycles. The molecule has 0 bridgehead atoms. The summed E-state index contributed by atoms with van der Waals surface area (Å²) in [6, 6.07) is 5.39. The number of ketones is 1. The fourth-order valence-corrected chi connectivity index (χ4v) is 4.34. The number of Topliss-reactive ketones (excluding diaryl/α,β-unsaturated/α-hetero) is 1. The molecular formula is C22H16ClF3N4O4S. The van der Waals surface area contributed by atoms with Gasteiger partial charge in [0.05, 0.1) is 27.5 Å². The predicted molar refractivity (Wildman–Crippen MR) is 122 cm³/mol. The van der Waals surface area contributed by atoms with Gasteiger partial charge in [-0.25, -0.2) is 9.97 Å². The van der Waals surface area contributed by atoms with E-state index in [0.29, 0.717) is 28.1 Å². The van der Waals surface area contributed by atoms with Crippen LogP contribution in [0.5, 0.6) is 5.75 Å². The number of rotatable bonds is 6. The normalized spacial score (nSPS) is 13.9. The molecule has 0 fully saturated rings. The number of carbonyl (C=O) groups is 3. The van der Waals surface area contributed by atoms with Gasteiger partial charge in [0.15, 0.2) is 12.4 Å². The van der Waals surface area contributed by atoms with Crippen molar-refractivity contribution in [1.82, 2.24) is 9.97 Å². The van der Waals surface area contributed by atoms with Crippen molar-refractivity contribution in [2.24, 2.45) is 0 Å². The summed E-state index contributed by atoms with van der Waals surface area (Å²) in [7, 11) is 0. The Morgan fingerprint density at radius 3 is 2.77 bits per heavy atom. The maximum atomic E-state index is 13.0. The van der Waals surface area contributed by atoms with E-state index in [1.807, 2.05) is 0 Å². The quantitative estimate of drug-likeness (QED) is 0.430. The lowest BCUT2D eigenvalue weighted by Crippen LogP contribution is -2.25. The molecule has 3 heterocycles. The molecule has 3 aromatic rings. The number of ether oxygens (including phenoxy) is 1. The molecule has 2 amide bonds. The molecular weight excluding hydrogens is 509 g/mol. The first-order valence-electron chi connectivity index (χ1n) is 10.1. The first-order valence-corrected chi connectivity index (χ1v) is 11.3. The first kappa shape index (κ1) is 24.6. The van der Waals surface area contributed by atoms with Crippen LogP contribution in [0.1, 0.15) is 49.9 Å². The Morgan fingerprint density at radius 2 is 2.03 bits per heavy atom. The zero-order valence-corrected chi connectivity index (χ0v) is 19.5. The van der Waals surface area contributed by atoms with Crippen LogP contribution in [0.2, 0.25) is 5.02 Å². The van der Waals surface area contributed by atoms with E-state index in [2.05, 4.69) is 20.6 Å². The van der Waals surface area contributed by atoms with Crippen LogP contribution < -0.4 is 15.4 Å². The number of nitrogens with one attached hydrogen (secondary N) is 2. The topological polar surface area (TPSA) is 110 Å². The lowest BCUT2D eigenvalue weighted by molar-refractivity contribution is -0.137. The number of carbonyl (C=O) groups excluding carboxylic acids is 3. The Balaban J connectivity index is 1.42. The molecule has 1 aliphatic heterocycles. The highest BCUT2D eigenvalue weighted by Gasteiger charge is 2.34. The average Bonchev–Trinajstić information content (AvgIpc) is 3.30. The van der Waals surface area contributed by atoms with Crippen LogP contribution in [-0.4, -0.2) is 34.2 Å². The van der Waals surface area contributed by atoms with Gasteiger partial charge in [0.25, 0.3) is 11.8 Å². The standard InChI is InChI=1S/C22H16ClF3N4O4S/c1-10(4-15(31)11-2-3-16-14(5-11)29-19(32)9-34-16)21-28-8-17(35-21)20(33)30-18-6-12(22(24,25)26)13(23)7-27-18/h2-3,5-8,10H,4,9H2,1H3,(H,29,32)(H,27,30,33)/t10-/m0/s1. The van der Waals surface area contributed by atoms with Crippen LogP contribution in [0.25, 0.3) is 0 Å². The molecule has 0 unspecified atom stereocenters. The number of thiazole rings is 1. The Labute approximate surface area is 205 Å². The Bertz CT molecular complexity index is 1330. The van der Waals surface area contributed by atoms with Crippen LogP contribution in [0, 0.1) is 0 Å². The van der Waals surface area contributed by atoms with Crippen molar-refractivity contribution in [2.75, 3.05) is 17.2 Å². The maximum absolute atomic E-state index is 13.0. The monoisotopic (exact) mass is 524 g/mol. The van der Waals surface area contributed by atoms with E-state index in [4.69, 9.17) is 16.3 Å². The lowest BCUT2D eigenvalue weighted by atomic mass is 9.99. The van der Waals surface area contributed by atoms with Crippen molar-refractivity contribution in [3.05, 3.63) is 62.7 Å². The first-order chi connectivity index (χ1) is 16.5. The van der Waals surface area contributed by atoms with E-state index in [0.717, 1.165) is 17.5 Å². The predicted octanol–water partition coefficient (Wildman–Crippen LogP) is 5.17. The smallest absolute Gasteiger partial charge is 0.418 e. The second-order valence-electron chi connectivity index (χ2n) is 7.64. The van der Waals surface area contributed by atoms with E-state index >= 15 is 0 Å². The molecule has 8 nitrogen and oxygen atoms in total. The second kappa shape index (κ2) is 9.62. The molecule has 0 spiro atoms. The van der Waals surface area contributed by atoms with Crippen LogP contribution in [0.4, 0.5) is 24.7 Å². The van der Waals surface area contributed by atoms with Crippen LogP contribution in [-0.2, 0) is 11.0 Å². The molecule has 1 atom stereocenters. The number of anilines is 2. The van der Waals surface area contributed by atoms with Gasteiger partial charge in [-0.05, 0) is 24.3 Å². The lowest BCUT2D eigenvalue weighted by Gasteiger charge is -2.18. The van der Waals surface area contributed by atoms with E-state index in [9.17, 15) is 27.6 Å². The number of alkyl halides is 3. The molecule has 1 aliphatic rings. The van der Waals surface area contributed by atoms with Crippen LogP contribution >= 0.6 is 22.9 Å². The molecule has 0 aliphatic carbocycles. The number of hydrogen-bond donors (Lipinski definition) is 2. The van der Waals surface area contributed by atoms with Gasteiger partial charge in [0, 0.05) is 24.1 Å². The van der Waals surface area contributed by atoms with Crippen molar-refractivity contribution >= 4 is 52.0 Å². The Morgan fingerprint density at radius 1 is 1.26 bits per heavy atom. The van der Waals surface area contributed by atoms with Crippen molar-refractivity contribution in [3.63, 3.8) is 0 Å². The molecule has 0 saturated heterocycles. The number of nitrogens with zero attached hydrogens (tertiary/aromatic N) is 2. The zero-order valence-electron chi connectivity index (χ0n) is 17.9. The van der Waals surface area contributed by atoms with Crippen LogP contribution in [0.15, 0.2) is 36.7 Å². The van der Waals surface area contributed by atoms with E-state index in [1.54, 1.807) is 19.1 Å². The van der Waals surface area contributed by atoms with Gasteiger partial charge in [-0.15, -0.1) is 11.3 Å². The summed E-state index contributed by atoms with van der Waals surface area (Å²) >= 11 is 6.56. The largest absolute Gasteiger partial charge is 0.482 e. The maximum Gasteiger partial charge on any atom is 0.418 e. The number of amides is 2. The second-order valence-corrected chi connectivity index (χ2v) is 9.11. The summed E-state index contributed by atoms with van der Waals surface area (Å²) in [5.74, 6) is -1.39. The molecule has 13 heteroatoms. The average molecular weight is 525 g/mol. The van der Waals surface area contributed by atoms with Gasteiger partial charge >= 0.3 is 6.18 Å². The summed E-state index contributed by atoms with van der Waals surface area (Å²) in [6.07, 6.45) is -2.53. The van der Waals surface area contributed by atoms with Gasteiger partial charge in [-0.3, -0.25) is 14.4 Å². The van der Waals surface area contributed by atoms with Gasteiger partial charge in [-0.2, -0.15) is 13.2 Å². The molecule has 1 aromatic carbocycles. The summed E-state index contributed by atoms with van der Waals surface area (Å²) in [6.45, 7) is 1.67. The summed E-state index contributed by atoms with van der Waals surface area (Å²) in [5, 5.41) is 4.86. The SMILES string of the molecule is C[C@@H](CC(=O)c1ccc2c(c1)NC(=O)CO2)c1ncc(C(=O)Nc2cc(C(F)(F)F)c(Cl)cn2)s1. The third kappa shape index (κ3) is 5.60. The molecule has 2 N–H and O–H groups in total. The Kier molecular flexibility index (Phi) is 6.77. The minimum absolute atomic E-state index is 0.0792. The Hall–Kier alpha value is -3.51. The van der Waals surface area contributed by atoms with Crippen molar-refractivity contribution in [1.29, 1.82) is 0 Å². The van der Waals surface area contributed by atoms with Crippen molar-refractivity contribution in [3.8, 4) is 5.75 Å². The number of halogens is 4. The fourth-order valence-electron chi connectivity index (χ4n) is 3.26. The van der Waals surface area contributed by atoms with E-state index < -0.39 is 22.7 Å². The molecule has 4 rings (SSSR count). The van der Waals surface area contributed by atoms with E-state index in [1.165, 1.54) is 12.3 Å². The summed E-state index contributed by atoms with van der Waals surface area (Å²) in [5.41, 5.74) is -0.322. The van der Waals surface area contributed by atoms with Crippen molar-refractivity contribution < 1.29 is 32.3 Å². The number of fused-ring (bicyclic) bond motifs is 1. The number of pyridine rings is 1. The molecule has 35 heavy (non-hydrogen) atoms. The summed E-state index contributed by atoms with van der Waals surface area (Å²) in [4.78, 5) is 44.8. The van der Waals surface area contributed by atoms with Crippen molar-refractivity contribution in [2.45, 2.75) is 25.4 Å². The van der Waals surface area contributed by atoms with Gasteiger partial charge in [0.1, 0.15) is 16.4 Å². The van der Waals surface area contributed by atoms with Gasteiger partial charge < -0.3 is 15.4 Å². The highest BCUT2D eigenvalue weighted by Crippen LogP contribution is 2.36. The van der Waals surface area contributed by atoms with E-state index in [-0.39, 0.29) is 41.3 Å². The fraction of sp³-hybridized carbons (Fsp3) is 0.227. The van der Waals surface area contributed by atoms with Gasteiger partial charge in [-0.1, -0.05) is 18.5 Å². The highest BCUT2D eigenvalue weighted by molar-refractivity contribution is 7.13. The minimum atomic E-state index is -4.70. The van der Waals surface area contributed by atoms with Crippen LogP contribution in [0.3, 0.4) is 0 Å².